The van der Waals surface area contributed by atoms with E-state index in [9.17, 15) is 0 Å². The molecule has 0 atom stereocenters. The van der Waals surface area contributed by atoms with Crippen molar-refractivity contribution in [3.05, 3.63) is 41.6 Å². The van der Waals surface area contributed by atoms with Gasteiger partial charge in [0.25, 0.3) is 0 Å². The van der Waals surface area contributed by atoms with Crippen LogP contribution in [-0.2, 0) is 0 Å². The first-order chi connectivity index (χ1) is 10.6. The lowest BCUT2D eigenvalue weighted by molar-refractivity contribution is 0.405. The quantitative estimate of drug-likeness (QED) is 0.769. The van der Waals surface area contributed by atoms with E-state index < -0.39 is 0 Å². The Balaban J connectivity index is 1.98. The lowest BCUT2D eigenvalue weighted by Crippen LogP contribution is -2.16. The average molecular weight is 299 g/mol. The molecular formula is C17H25N5. The molecule has 2 aromatic rings. The average Bonchev–Trinajstić information content (AvgIpc) is 2.49. The molecule has 0 aliphatic carbocycles. The fraction of sp³-hybridized carbons (Fsp3) is 0.412. The minimum absolute atomic E-state index is 0.617. The van der Waals surface area contributed by atoms with Gasteiger partial charge in [-0.3, -0.25) is 0 Å². The van der Waals surface area contributed by atoms with Gasteiger partial charge in [-0.1, -0.05) is 12.1 Å². The number of nitrogens with one attached hydrogen (secondary N) is 2. The molecule has 0 aliphatic heterocycles. The number of hydrogen-bond acceptors (Lipinski definition) is 5. The van der Waals surface area contributed by atoms with Gasteiger partial charge in [-0.25, -0.2) is 4.98 Å². The summed E-state index contributed by atoms with van der Waals surface area (Å²) in [5.74, 6) is 1.47. The first-order valence-corrected chi connectivity index (χ1v) is 7.61. The second-order valence-electron chi connectivity index (χ2n) is 5.72. The van der Waals surface area contributed by atoms with Crippen LogP contribution in [0.5, 0.6) is 0 Å². The highest BCUT2D eigenvalue weighted by Gasteiger charge is 2.04. The molecule has 5 heteroatoms. The zero-order valence-corrected chi connectivity index (χ0v) is 13.8. The monoisotopic (exact) mass is 299 g/mol. The summed E-state index contributed by atoms with van der Waals surface area (Å²) in [6.07, 6.45) is 2.85. The molecule has 1 aromatic heterocycles. The molecule has 118 valence electrons. The molecule has 0 radical (unpaired) electrons. The van der Waals surface area contributed by atoms with Crippen molar-refractivity contribution in [1.29, 1.82) is 0 Å². The van der Waals surface area contributed by atoms with Gasteiger partial charge in [-0.15, -0.1) is 0 Å². The zero-order chi connectivity index (χ0) is 15.9. The van der Waals surface area contributed by atoms with Crippen LogP contribution in [0.15, 0.2) is 30.5 Å². The van der Waals surface area contributed by atoms with E-state index in [-0.39, 0.29) is 0 Å². The number of aryl methyl sites for hydroxylation is 1. The van der Waals surface area contributed by atoms with Gasteiger partial charge in [-0.05, 0) is 64.2 Å². The molecule has 0 amide bonds. The molecule has 0 spiro atoms. The van der Waals surface area contributed by atoms with Crippen LogP contribution in [0.1, 0.15) is 17.5 Å². The number of hydrogen-bond donors (Lipinski definition) is 2. The summed E-state index contributed by atoms with van der Waals surface area (Å²) in [6.45, 7) is 6.16. The van der Waals surface area contributed by atoms with Crippen molar-refractivity contribution in [2.24, 2.45) is 0 Å². The Morgan fingerprint density at radius 2 is 1.95 bits per heavy atom. The van der Waals surface area contributed by atoms with Crippen molar-refractivity contribution in [3.8, 4) is 0 Å². The second kappa shape index (κ2) is 7.75. The Hall–Kier alpha value is -2.14. The molecule has 0 unspecified atom stereocenters. The highest BCUT2D eigenvalue weighted by molar-refractivity contribution is 5.60. The van der Waals surface area contributed by atoms with Crippen LogP contribution in [0.2, 0.25) is 0 Å². The first-order valence-electron chi connectivity index (χ1n) is 7.61. The van der Waals surface area contributed by atoms with Crippen molar-refractivity contribution >= 4 is 17.5 Å². The summed E-state index contributed by atoms with van der Waals surface area (Å²) in [7, 11) is 4.16. The standard InChI is InChI=1S/C17H25N5/c1-13-7-5-8-15(14(13)2)20-17-19-11-9-16(21-17)18-10-6-12-22(3)4/h5,7-9,11H,6,10,12H2,1-4H3,(H2,18,19,20,21). The Bertz CT molecular complexity index is 610. The molecule has 0 bridgehead atoms. The van der Waals surface area contributed by atoms with Gasteiger partial charge in [0.15, 0.2) is 0 Å². The van der Waals surface area contributed by atoms with Gasteiger partial charge in [0.05, 0.1) is 0 Å². The molecule has 0 saturated heterocycles. The van der Waals surface area contributed by atoms with Gasteiger partial charge in [0.1, 0.15) is 5.82 Å². The molecular weight excluding hydrogens is 274 g/mol. The van der Waals surface area contributed by atoms with Crippen molar-refractivity contribution in [1.82, 2.24) is 14.9 Å². The number of aromatic nitrogens is 2. The summed E-state index contributed by atoms with van der Waals surface area (Å²) >= 11 is 0. The van der Waals surface area contributed by atoms with Crippen molar-refractivity contribution in [2.75, 3.05) is 37.8 Å². The smallest absolute Gasteiger partial charge is 0.229 e. The molecule has 22 heavy (non-hydrogen) atoms. The molecule has 5 nitrogen and oxygen atoms in total. The number of rotatable bonds is 7. The SMILES string of the molecule is Cc1cccc(Nc2nccc(NCCCN(C)C)n2)c1C. The predicted molar refractivity (Wildman–Crippen MR) is 92.9 cm³/mol. The molecule has 0 saturated carbocycles. The number of anilines is 3. The normalized spacial score (nSPS) is 10.8. The van der Waals surface area contributed by atoms with E-state index in [4.69, 9.17) is 0 Å². The largest absolute Gasteiger partial charge is 0.370 e. The highest BCUT2D eigenvalue weighted by Crippen LogP contribution is 2.21. The van der Waals surface area contributed by atoms with Crippen LogP contribution < -0.4 is 10.6 Å². The number of nitrogens with zero attached hydrogens (tertiary/aromatic N) is 3. The van der Waals surface area contributed by atoms with E-state index in [1.165, 1.54) is 11.1 Å². The van der Waals surface area contributed by atoms with E-state index in [0.717, 1.165) is 31.0 Å². The Morgan fingerprint density at radius 1 is 1.14 bits per heavy atom. The van der Waals surface area contributed by atoms with Gasteiger partial charge in [0, 0.05) is 18.4 Å². The highest BCUT2D eigenvalue weighted by atomic mass is 15.1. The topological polar surface area (TPSA) is 53.1 Å². The van der Waals surface area contributed by atoms with Gasteiger partial charge >= 0.3 is 0 Å². The Morgan fingerprint density at radius 3 is 2.73 bits per heavy atom. The van der Waals surface area contributed by atoms with E-state index in [2.05, 4.69) is 59.5 Å². The van der Waals surface area contributed by atoms with Crippen LogP contribution >= 0.6 is 0 Å². The molecule has 0 aliphatic rings. The molecule has 1 aromatic carbocycles. The number of benzene rings is 1. The Labute approximate surface area is 132 Å². The first kappa shape index (κ1) is 16.2. The van der Waals surface area contributed by atoms with Crippen molar-refractivity contribution < 1.29 is 0 Å². The van der Waals surface area contributed by atoms with E-state index in [0.29, 0.717) is 5.95 Å². The molecule has 2 N–H and O–H groups in total. The summed E-state index contributed by atoms with van der Waals surface area (Å²) < 4.78 is 0. The van der Waals surface area contributed by atoms with Gasteiger partial charge in [-0.2, -0.15) is 4.98 Å². The lowest BCUT2D eigenvalue weighted by atomic mass is 10.1. The second-order valence-corrected chi connectivity index (χ2v) is 5.72. The van der Waals surface area contributed by atoms with Crippen LogP contribution in [-0.4, -0.2) is 42.1 Å². The van der Waals surface area contributed by atoms with Crippen LogP contribution in [0.4, 0.5) is 17.5 Å². The zero-order valence-electron chi connectivity index (χ0n) is 13.8. The van der Waals surface area contributed by atoms with Crippen LogP contribution in [0.25, 0.3) is 0 Å². The third-order valence-electron chi connectivity index (χ3n) is 3.59. The summed E-state index contributed by atoms with van der Waals surface area (Å²) in [5.41, 5.74) is 3.52. The predicted octanol–water partition coefficient (Wildman–Crippen LogP) is 3.20. The summed E-state index contributed by atoms with van der Waals surface area (Å²) in [4.78, 5) is 11.0. The maximum absolute atomic E-state index is 4.51. The summed E-state index contributed by atoms with van der Waals surface area (Å²) in [5, 5.41) is 6.63. The van der Waals surface area contributed by atoms with Crippen molar-refractivity contribution in [3.63, 3.8) is 0 Å². The Kier molecular flexibility index (Phi) is 5.72. The third kappa shape index (κ3) is 4.70. The summed E-state index contributed by atoms with van der Waals surface area (Å²) in [6, 6.07) is 8.07. The van der Waals surface area contributed by atoms with Crippen molar-refractivity contribution in [2.45, 2.75) is 20.3 Å². The fourth-order valence-corrected chi connectivity index (χ4v) is 2.14. The fourth-order valence-electron chi connectivity index (χ4n) is 2.14. The maximum atomic E-state index is 4.51. The minimum atomic E-state index is 0.617. The molecule has 2 rings (SSSR count). The molecule has 0 fully saturated rings. The van der Waals surface area contributed by atoms with E-state index in [1.807, 2.05) is 18.2 Å². The van der Waals surface area contributed by atoms with Gasteiger partial charge < -0.3 is 15.5 Å². The maximum Gasteiger partial charge on any atom is 0.229 e. The van der Waals surface area contributed by atoms with E-state index >= 15 is 0 Å². The van der Waals surface area contributed by atoms with Crippen LogP contribution in [0.3, 0.4) is 0 Å². The lowest BCUT2D eigenvalue weighted by Gasteiger charge is -2.12. The molecule has 1 heterocycles. The van der Waals surface area contributed by atoms with Gasteiger partial charge in [0.2, 0.25) is 5.95 Å². The minimum Gasteiger partial charge on any atom is -0.370 e. The third-order valence-corrected chi connectivity index (χ3v) is 3.59. The van der Waals surface area contributed by atoms with E-state index in [1.54, 1.807) is 6.20 Å². The van der Waals surface area contributed by atoms with Crippen LogP contribution in [0, 0.1) is 13.8 Å².